The Morgan fingerprint density at radius 1 is 1.04 bits per heavy atom. The van der Waals surface area contributed by atoms with Crippen LogP contribution in [0.5, 0.6) is 0 Å². The molecule has 4 nitrogen and oxygen atoms in total. The van der Waals surface area contributed by atoms with Gasteiger partial charge in [-0.25, -0.2) is 4.98 Å². The molecule has 4 rings (SSSR count). The van der Waals surface area contributed by atoms with Gasteiger partial charge in [0.05, 0.1) is 12.0 Å². The molecule has 1 heterocycles. The van der Waals surface area contributed by atoms with Crippen molar-refractivity contribution in [1.29, 1.82) is 0 Å². The Bertz CT molecular complexity index is 878. The summed E-state index contributed by atoms with van der Waals surface area (Å²) in [4.78, 5) is 17.4. The molecule has 1 fully saturated rings. The molecule has 1 unspecified atom stereocenters. The highest BCUT2D eigenvalue weighted by Crippen LogP contribution is 2.49. The number of aryl methyl sites for hydroxylation is 1. The lowest BCUT2D eigenvalue weighted by molar-refractivity contribution is -0.123. The third-order valence-corrected chi connectivity index (χ3v) is 6.02. The summed E-state index contributed by atoms with van der Waals surface area (Å²) in [7, 11) is 0. The maximum atomic E-state index is 13.1. The van der Waals surface area contributed by atoms with Crippen molar-refractivity contribution in [3.05, 3.63) is 90.0 Å². The van der Waals surface area contributed by atoms with Crippen molar-refractivity contribution in [3.8, 4) is 0 Å². The van der Waals surface area contributed by atoms with Crippen LogP contribution in [0.25, 0.3) is 0 Å². The fourth-order valence-electron chi connectivity index (χ4n) is 4.79. The summed E-state index contributed by atoms with van der Waals surface area (Å²) in [5.74, 6) is -0.125. The van der Waals surface area contributed by atoms with Gasteiger partial charge in [-0.05, 0) is 43.2 Å². The summed E-state index contributed by atoms with van der Waals surface area (Å²) in [6.45, 7) is 2.00. The van der Waals surface area contributed by atoms with Crippen LogP contribution in [0.2, 0.25) is 0 Å². The summed E-state index contributed by atoms with van der Waals surface area (Å²) in [5, 5.41) is 0. The minimum absolute atomic E-state index is 0.146. The molecule has 0 bridgehead atoms. The van der Waals surface area contributed by atoms with Gasteiger partial charge in [0.1, 0.15) is 5.41 Å². The molecular formula is C23H25N3O. The van der Waals surface area contributed by atoms with Crippen LogP contribution in [0.15, 0.2) is 73.2 Å². The van der Waals surface area contributed by atoms with E-state index in [1.54, 1.807) is 0 Å². The van der Waals surface area contributed by atoms with Crippen molar-refractivity contribution in [2.45, 2.75) is 37.6 Å². The third-order valence-electron chi connectivity index (χ3n) is 6.02. The fourth-order valence-corrected chi connectivity index (χ4v) is 4.79. The predicted octanol–water partition coefficient (Wildman–Crippen LogP) is 4.00. The molecule has 0 radical (unpaired) electrons. The number of amides is 1. The lowest BCUT2D eigenvalue weighted by Crippen LogP contribution is -2.47. The Morgan fingerprint density at radius 3 is 2.11 bits per heavy atom. The number of carbonyl (C=O) groups is 1. The van der Waals surface area contributed by atoms with Gasteiger partial charge >= 0.3 is 0 Å². The Labute approximate surface area is 160 Å². The fraction of sp³-hybridized carbons (Fsp3) is 0.304. The van der Waals surface area contributed by atoms with Gasteiger partial charge < -0.3 is 10.3 Å². The Morgan fingerprint density at radius 2 is 1.63 bits per heavy atom. The van der Waals surface area contributed by atoms with Crippen molar-refractivity contribution in [2.24, 2.45) is 11.7 Å². The first-order valence-corrected chi connectivity index (χ1v) is 9.53. The normalized spacial score (nSPS) is 19.9. The molecule has 1 aliphatic rings. The predicted molar refractivity (Wildman–Crippen MR) is 106 cm³/mol. The number of benzene rings is 2. The average Bonchev–Trinajstić information content (AvgIpc) is 3.33. The molecule has 1 aromatic heterocycles. The highest BCUT2D eigenvalue weighted by Gasteiger charge is 2.49. The van der Waals surface area contributed by atoms with E-state index in [4.69, 9.17) is 5.73 Å². The Hall–Kier alpha value is -2.88. The summed E-state index contributed by atoms with van der Waals surface area (Å²) in [5.41, 5.74) is 8.32. The van der Waals surface area contributed by atoms with Gasteiger partial charge in [-0.3, -0.25) is 4.79 Å². The van der Waals surface area contributed by atoms with Gasteiger partial charge in [0.25, 0.3) is 0 Å². The second-order valence-electron chi connectivity index (χ2n) is 7.53. The first-order chi connectivity index (χ1) is 13.1. The van der Waals surface area contributed by atoms with Gasteiger partial charge in [-0.15, -0.1) is 0 Å². The molecule has 2 N–H and O–H groups in total. The molecule has 1 saturated carbocycles. The largest absolute Gasteiger partial charge is 0.369 e. The molecule has 2 atom stereocenters. The maximum Gasteiger partial charge on any atom is 0.232 e. The van der Waals surface area contributed by atoms with Crippen LogP contribution in [0.3, 0.4) is 0 Å². The van der Waals surface area contributed by atoms with E-state index in [9.17, 15) is 4.79 Å². The number of aromatic nitrogens is 2. The molecule has 1 aliphatic carbocycles. The van der Waals surface area contributed by atoms with Crippen LogP contribution < -0.4 is 5.73 Å². The molecule has 0 spiro atoms. The van der Waals surface area contributed by atoms with Crippen molar-refractivity contribution < 1.29 is 4.79 Å². The molecule has 27 heavy (non-hydrogen) atoms. The molecule has 0 saturated heterocycles. The van der Waals surface area contributed by atoms with Crippen LogP contribution >= 0.6 is 0 Å². The van der Waals surface area contributed by atoms with E-state index >= 15 is 0 Å². The molecule has 2 aromatic carbocycles. The van der Waals surface area contributed by atoms with Crippen LogP contribution in [0.4, 0.5) is 0 Å². The van der Waals surface area contributed by atoms with Crippen LogP contribution in [-0.2, 0) is 10.2 Å². The van der Waals surface area contributed by atoms with Gasteiger partial charge in [0, 0.05) is 12.2 Å². The lowest BCUT2D eigenvalue weighted by atomic mass is 9.64. The summed E-state index contributed by atoms with van der Waals surface area (Å²) in [6.07, 6.45) is 6.87. The molecular weight excluding hydrogens is 334 g/mol. The van der Waals surface area contributed by atoms with Crippen molar-refractivity contribution in [1.82, 2.24) is 9.55 Å². The quantitative estimate of drug-likeness (QED) is 0.748. The average molecular weight is 359 g/mol. The van der Waals surface area contributed by atoms with E-state index < -0.39 is 5.41 Å². The zero-order valence-corrected chi connectivity index (χ0v) is 15.6. The summed E-state index contributed by atoms with van der Waals surface area (Å²) >= 11 is 0. The topological polar surface area (TPSA) is 60.9 Å². The van der Waals surface area contributed by atoms with E-state index in [1.165, 1.54) is 0 Å². The molecule has 4 heteroatoms. The van der Waals surface area contributed by atoms with Crippen molar-refractivity contribution in [2.75, 3.05) is 0 Å². The highest BCUT2D eigenvalue weighted by molar-refractivity contribution is 5.91. The number of nitrogens with two attached hydrogens (primary N) is 1. The highest BCUT2D eigenvalue weighted by atomic mass is 16.1. The zero-order valence-electron chi connectivity index (χ0n) is 15.6. The number of hydrogen-bond acceptors (Lipinski definition) is 2. The van der Waals surface area contributed by atoms with Gasteiger partial charge in [-0.1, -0.05) is 60.7 Å². The Balaban J connectivity index is 1.80. The Kier molecular flexibility index (Phi) is 4.56. The number of imidazole rings is 1. The van der Waals surface area contributed by atoms with Crippen LogP contribution in [0, 0.1) is 12.8 Å². The van der Waals surface area contributed by atoms with Gasteiger partial charge in [-0.2, -0.15) is 0 Å². The third kappa shape index (κ3) is 2.95. The molecule has 138 valence electrons. The van der Waals surface area contributed by atoms with E-state index in [0.717, 1.165) is 36.1 Å². The molecule has 3 aromatic rings. The SMILES string of the molecule is Cc1cn([C@@H]2CCC(C(C(N)=O)(c3ccccc3)c3ccccc3)C2)cn1. The van der Waals surface area contributed by atoms with Crippen molar-refractivity contribution in [3.63, 3.8) is 0 Å². The standard InChI is InChI=1S/C23H25N3O/c1-17-15-26(16-25-17)21-13-12-20(14-21)23(22(24)27,18-8-4-2-5-9-18)19-10-6-3-7-11-19/h2-11,15-16,20-21H,12-14H2,1H3,(H2,24,27)/t20?,21-/m1/s1. The number of hydrogen-bond donors (Lipinski definition) is 1. The second kappa shape index (κ2) is 7.03. The lowest BCUT2D eigenvalue weighted by Gasteiger charge is -2.37. The zero-order chi connectivity index (χ0) is 18.9. The van der Waals surface area contributed by atoms with Crippen LogP contribution in [0.1, 0.15) is 42.1 Å². The maximum absolute atomic E-state index is 13.1. The number of rotatable bonds is 5. The first kappa shape index (κ1) is 17.5. The van der Waals surface area contributed by atoms with E-state index in [1.807, 2.05) is 73.9 Å². The molecule has 0 aliphatic heterocycles. The minimum atomic E-state index is -0.813. The summed E-state index contributed by atoms with van der Waals surface area (Å²) in [6, 6.07) is 20.4. The van der Waals surface area contributed by atoms with E-state index in [0.29, 0.717) is 6.04 Å². The number of carbonyl (C=O) groups excluding carboxylic acids is 1. The van der Waals surface area contributed by atoms with Gasteiger partial charge in [0.15, 0.2) is 0 Å². The number of primary amides is 1. The number of nitrogens with zero attached hydrogens (tertiary/aromatic N) is 2. The summed E-state index contributed by atoms with van der Waals surface area (Å²) < 4.78 is 2.19. The minimum Gasteiger partial charge on any atom is -0.369 e. The van der Waals surface area contributed by atoms with E-state index in [-0.39, 0.29) is 11.8 Å². The smallest absolute Gasteiger partial charge is 0.232 e. The van der Waals surface area contributed by atoms with Gasteiger partial charge in [0.2, 0.25) is 5.91 Å². The van der Waals surface area contributed by atoms with E-state index in [2.05, 4.69) is 15.7 Å². The molecule has 1 amide bonds. The van der Waals surface area contributed by atoms with Crippen LogP contribution in [-0.4, -0.2) is 15.5 Å². The second-order valence-corrected chi connectivity index (χ2v) is 7.53. The monoisotopic (exact) mass is 359 g/mol. The first-order valence-electron chi connectivity index (χ1n) is 9.53. The van der Waals surface area contributed by atoms with Crippen molar-refractivity contribution >= 4 is 5.91 Å².